The second-order valence-electron chi connectivity index (χ2n) is 6.89. The molecule has 0 unspecified atom stereocenters. The maximum absolute atomic E-state index is 12.7. The molecule has 168 valence electrons. The Hall–Kier alpha value is -3.36. The molecule has 1 N–H and O–H groups in total. The van der Waals surface area contributed by atoms with Gasteiger partial charge in [0.1, 0.15) is 16.5 Å². The quantitative estimate of drug-likeness (QED) is 0.186. The molecule has 0 radical (unpaired) electrons. The molecule has 0 saturated heterocycles. The van der Waals surface area contributed by atoms with Gasteiger partial charge in [0, 0.05) is 9.26 Å². The highest BCUT2D eigenvalue weighted by atomic mass is 127. The van der Waals surface area contributed by atoms with Gasteiger partial charge >= 0.3 is 10.1 Å². The SMILES string of the molecule is COc1ccc(/C=C(\C#N)C(=O)Nc2ccc(I)cc2)cc1OS(=O)(=O)c1ccc(C)cc1. The molecule has 0 aromatic heterocycles. The van der Waals surface area contributed by atoms with Gasteiger partial charge in [-0.1, -0.05) is 23.8 Å². The molecule has 0 spiro atoms. The van der Waals surface area contributed by atoms with Crippen LogP contribution < -0.4 is 14.2 Å². The molecule has 0 atom stereocenters. The van der Waals surface area contributed by atoms with Crippen molar-refractivity contribution in [2.75, 3.05) is 12.4 Å². The summed E-state index contributed by atoms with van der Waals surface area (Å²) < 4.78 is 36.9. The van der Waals surface area contributed by atoms with Crippen LogP contribution in [0.15, 0.2) is 77.2 Å². The smallest absolute Gasteiger partial charge is 0.339 e. The molecule has 0 aliphatic rings. The first-order valence-electron chi connectivity index (χ1n) is 9.60. The number of aryl methyl sites for hydroxylation is 1. The summed E-state index contributed by atoms with van der Waals surface area (Å²) in [7, 11) is -2.74. The number of hydrogen-bond donors (Lipinski definition) is 1. The van der Waals surface area contributed by atoms with Gasteiger partial charge < -0.3 is 14.2 Å². The minimum Gasteiger partial charge on any atom is -0.493 e. The third kappa shape index (κ3) is 6.34. The van der Waals surface area contributed by atoms with Crippen LogP contribution in [0.2, 0.25) is 0 Å². The third-order valence-corrected chi connectivity index (χ3v) is 6.44. The first kappa shape index (κ1) is 24.3. The highest BCUT2D eigenvalue weighted by Crippen LogP contribution is 2.31. The fraction of sp³-hybridized carbons (Fsp3) is 0.0833. The van der Waals surface area contributed by atoms with Gasteiger partial charge in [0.15, 0.2) is 11.5 Å². The maximum atomic E-state index is 12.7. The Morgan fingerprint density at radius 1 is 1.03 bits per heavy atom. The summed E-state index contributed by atoms with van der Waals surface area (Å²) in [6.45, 7) is 1.84. The van der Waals surface area contributed by atoms with E-state index >= 15 is 0 Å². The van der Waals surface area contributed by atoms with E-state index in [1.807, 2.05) is 25.1 Å². The molecule has 33 heavy (non-hydrogen) atoms. The van der Waals surface area contributed by atoms with Crippen LogP contribution in [0.3, 0.4) is 0 Å². The fourth-order valence-electron chi connectivity index (χ4n) is 2.77. The highest BCUT2D eigenvalue weighted by Gasteiger charge is 2.20. The predicted octanol–water partition coefficient (Wildman–Crippen LogP) is 4.92. The number of amides is 1. The van der Waals surface area contributed by atoms with Crippen molar-refractivity contribution in [3.8, 4) is 17.6 Å². The van der Waals surface area contributed by atoms with Gasteiger partial charge in [0.2, 0.25) is 0 Å². The molecule has 0 aliphatic heterocycles. The van der Waals surface area contributed by atoms with E-state index in [9.17, 15) is 18.5 Å². The lowest BCUT2D eigenvalue weighted by atomic mass is 10.1. The van der Waals surface area contributed by atoms with Crippen molar-refractivity contribution >= 4 is 50.4 Å². The summed E-state index contributed by atoms with van der Waals surface area (Å²) in [6.07, 6.45) is 1.34. The Labute approximate surface area is 205 Å². The number of anilines is 1. The molecule has 0 saturated carbocycles. The molecule has 0 heterocycles. The van der Waals surface area contributed by atoms with Gasteiger partial charge in [-0.2, -0.15) is 13.7 Å². The van der Waals surface area contributed by atoms with Crippen molar-refractivity contribution in [1.29, 1.82) is 5.26 Å². The van der Waals surface area contributed by atoms with Crippen molar-refractivity contribution < 1.29 is 22.1 Å². The first-order valence-corrected chi connectivity index (χ1v) is 12.1. The van der Waals surface area contributed by atoms with Gasteiger partial charge in [-0.15, -0.1) is 0 Å². The second kappa shape index (κ2) is 10.5. The summed E-state index contributed by atoms with van der Waals surface area (Å²) in [5, 5.41) is 12.1. The Balaban J connectivity index is 1.89. The van der Waals surface area contributed by atoms with E-state index < -0.39 is 16.0 Å². The summed E-state index contributed by atoms with van der Waals surface area (Å²) in [5.41, 5.74) is 1.68. The largest absolute Gasteiger partial charge is 0.493 e. The summed E-state index contributed by atoms with van der Waals surface area (Å²) in [6, 6.07) is 19.7. The number of hydrogen-bond acceptors (Lipinski definition) is 6. The average Bonchev–Trinajstić information content (AvgIpc) is 2.79. The van der Waals surface area contributed by atoms with E-state index in [4.69, 9.17) is 8.92 Å². The van der Waals surface area contributed by atoms with Gasteiger partial charge in [0.25, 0.3) is 5.91 Å². The van der Waals surface area contributed by atoms with E-state index in [0.717, 1.165) is 9.13 Å². The van der Waals surface area contributed by atoms with Gasteiger partial charge in [-0.25, -0.2) is 0 Å². The van der Waals surface area contributed by atoms with E-state index in [1.54, 1.807) is 30.3 Å². The zero-order valence-electron chi connectivity index (χ0n) is 17.7. The van der Waals surface area contributed by atoms with Gasteiger partial charge in [-0.05, 0) is 89.7 Å². The van der Waals surface area contributed by atoms with Crippen LogP contribution in [0.1, 0.15) is 11.1 Å². The molecule has 9 heteroatoms. The zero-order valence-corrected chi connectivity index (χ0v) is 20.7. The molecule has 0 fully saturated rings. The highest BCUT2D eigenvalue weighted by molar-refractivity contribution is 14.1. The van der Waals surface area contributed by atoms with E-state index in [-0.39, 0.29) is 22.0 Å². The van der Waals surface area contributed by atoms with Gasteiger partial charge in [0.05, 0.1) is 7.11 Å². The lowest BCUT2D eigenvalue weighted by Gasteiger charge is -2.12. The number of carbonyl (C=O) groups excluding carboxylic acids is 1. The summed E-state index contributed by atoms with van der Waals surface area (Å²) in [4.78, 5) is 12.5. The van der Waals surface area contributed by atoms with Crippen molar-refractivity contribution in [3.63, 3.8) is 0 Å². The number of nitriles is 1. The zero-order chi connectivity index (χ0) is 24.0. The third-order valence-electron chi connectivity index (χ3n) is 4.48. The molecule has 3 aromatic rings. The lowest BCUT2D eigenvalue weighted by molar-refractivity contribution is -0.112. The molecular formula is C24H19IN2O5S. The van der Waals surface area contributed by atoms with Crippen LogP contribution in [-0.2, 0) is 14.9 Å². The maximum Gasteiger partial charge on any atom is 0.339 e. The molecule has 3 rings (SSSR count). The average molecular weight is 574 g/mol. The molecule has 1 amide bonds. The number of rotatable bonds is 7. The number of carbonyl (C=O) groups is 1. The van der Waals surface area contributed by atoms with Crippen molar-refractivity contribution in [2.45, 2.75) is 11.8 Å². The van der Waals surface area contributed by atoms with Crippen LogP contribution in [-0.4, -0.2) is 21.4 Å². The predicted molar refractivity (Wildman–Crippen MR) is 133 cm³/mol. The Kier molecular flexibility index (Phi) is 7.73. The second-order valence-corrected chi connectivity index (χ2v) is 9.68. The van der Waals surface area contributed by atoms with E-state index in [0.29, 0.717) is 11.3 Å². The molecular weight excluding hydrogens is 555 g/mol. The number of benzene rings is 3. The minimum atomic E-state index is -4.12. The standard InChI is InChI=1S/C24H19IN2O5S/c1-16-3-10-21(11-4-16)33(29,30)32-23-14-17(5-12-22(23)31-2)13-18(15-26)24(28)27-20-8-6-19(25)7-9-20/h3-14H,1-2H3,(H,27,28)/b18-13+. The van der Waals surface area contributed by atoms with Crippen LogP contribution in [0.4, 0.5) is 5.69 Å². The Morgan fingerprint density at radius 2 is 1.70 bits per heavy atom. The number of methoxy groups -OCH3 is 1. The fourth-order valence-corrected chi connectivity index (χ4v) is 4.06. The number of nitrogens with zero attached hydrogens (tertiary/aromatic N) is 1. The Bertz CT molecular complexity index is 1340. The first-order chi connectivity index (χ1) is 15.7. The number of halogens is 1. The van der Waals surface area contributed by atoms with Crippen LogP contribution in [0.25, 0.3) is 6.08 Å². The molecule has 0 bridgehead atoms. The minimum absolute atomic E-state index is 0.00860. The van der Waals surface area contributed by atoms with Crippen molar-refractivity contribution in [3.05, 3.63) is 87.0 Å². The van der Waals surface area contributed by atoms with E-state index in [1.165, 1.54) is 37.5 Å². The van der Waals surface area contributed by atoms with Crippen LogP contribution in [0.5, 0.6) is 11.5 Å². The normalized spacial score (nSPS) is 11.4. The topological polar surface area (TPSA) is 105 Å². The van der Waals surface area contributed by atoms with E-state index in [2.05, 4.69) is 27.9 Å². The molecule has 3 aromatic carbocycles. The molecule has 7 nitrogen and oxygen atoms in total. The number of ether oxygens (including phenoxy) is 1. The van der Waals surface area contributed by atoms with Crippen LogP contribution >= 0.6 is 22.6 Å². The Morgan fingerprint density at radius 3 is 2.30 bits per heavy atom. The number of nitrogens with one attached hydrogen (secondary N) is 1. The van der Waals surface area contributed by atoms with Crippen LogP contribution in [0, 0.1) is 21.8 Å². The summed E-state index contributed by atoms with van der Waals surface area (Å²) in [5.74, 6) is -0.476. The summed E-state index contributed by atoms with van der Waals surface area (Å²) >= 11 is 2.15. The lowest BCUT2D eigenvalue weighted by Crippen LogP contribution is -2.13. The molecule has 0 aliphatic carbocycles. The monoisotopic (exact) mass is 574 g/mol. The van der Waals surface area contributed by atoms with Crippen molar-refractivity contribution in [2.24, 2.45) is 0 Å². The van der Waals surface area contributed by atoms with Gasteiger partial charge in [-0.3, -0.25) is 4.79 Å². The van der Waals surface area contributed by atoms with Crippen molar-refractivity contribution in [1.82, 2.24) is 0 Å².